The highest BCUT2D eigenvalue weighted by atomic mass is 35.5. The lowest BCUT2D eigenvalue weighted by Gasteiger charge is -2.44. The van der Waals surface area contributed by atoms with E-state index in [1.165, 1.54) is 0 Å². The van der Waals surface area contributed by atoms with Gasteiger partial charge in [0.15, 0.2) is 11.9 Å². The molecule has 0 aliphatic carbocycles. The van der Waals surface area contributed by atoms with Gasteiger partial charge in [-0.1, -0.05) is 23.7 Å². The zero-order valence-corrected chi connectivity index (χ0v) is 14.1. The molecular formula is C19H15ClN2O3. The van der Waals surface area contributed by atoms with Crippen LogP contribution in [0.2, 0.25) is 5.02 Å². The van der Waals surface area contributed by atoms with E-state index in [-0.39, 0.29) is 6.29 Å². The fourth-order valence-corrected chi connectivity index (χ4v) is 3.35. The van der Waals surface area contributed by atoms with E-state index in [0.717, 1.165) is 10.9 Å². The van der Waals surface area contributed by atoms with Crippen LogP contribution >= 0.6 is 11.6 Å². The van der Waals surface area contributed by atoms with E-state index in [4.69, 9.17) is 26.3 Å². The standard InChI is InChI=1S/C19H15ClN2O3/c1-11-24-18(25-11)19(23,13-4-2-12(9-21)3-5-13)16-10-22-17-7-6-14(20)8-15(16)17/h2-8,10-11,18,22-23H,1H3/t11?,18?,19-/m0/s1. The first kappa shape index (κ1) is 16.1. The Morgan fingerprint density at radius 2 is 1.92 bits per heavy atom. The summed E-state index contributed by atoms with van der Waals surface area (Å²) in [4.78, 5) is 3.15. The number of aliphatic hydroxyl groups is 1. The lowest BCUT2D eigenvalue weighted by molar-refractivity contribution is -0.416. The summed E-state index contributed by atoms with van der Waals surface area (Å²) < 4.78 is 11.3. The van der Waals surface area contributed by atoms with Crippen molar-refractivity contribution in [2.75, 3.05) is 0 Å². The van der Waals surface area contributed by atoms with Gasteiger partial charge in [0, 0.05) is 27.7 Å². The first-order valence-electron chi connectivity index (χ1n) is 7.83. The number of ether oxygens (including phenoxy) is 2. The van der Waals surface area contributed by atoms with Crippen LogP contribution in [-0.2, 0) is 15.1 Å². The normalized spacial score (nSPS) is 22.2. The van der Waals surface area contributed by atoms with Crippen LogP contribution in [0, 0.1) is 11.3 Å². The molecule has 0 radical (unpaired) electrons. The summed E-state index contributed by atoms with van der Waals surface area (Å²) in [6.45, 7) is 1.77. The maximum absolute atomic E-state index is 11.6. The molecule has 0 saturated carbocycles. The molecule has 0 amide bonds. The van der Waals surface area contributed by atoms with Crippen molar-refractivity contribution in [2.45, 2.75) is 25.1 Å². The maximum Gasteiger partial charge on any atom is 0.200 e. The van der Waals surface area contributed by atoms with Crippen molar-refractivity contribution in [3.8, 4) is 6.07 Å². The molecule has 2 heterocycles. The monoisotopic (exact) mass is 354 g/mol. The number of halogens is 1. The number of aromatic nitrogens is 1. The van der Waals surface area contributed by atoms with Gasteiger partial charge in [-0.05, 0) is 42.8 Å². The van der Waals surface area contributed by atoms with Gasteiger partial charge in [0.1, 0.15) is 0 Å². The Morgan fingerprint density at radius 1 is 1.20 bits per heavy atom. The summed E-state index contributed by atoms with van der Waals surface area (Å²) in [6, 6.07) is 14.2. The van der Waals surface area contributed by atoms with Crippen molar-refractivity contribution < 1.29 is 14.6 Å². The molecule has 5 nitrogen and oxygen atoms in total. The van der Waals surface area contributed by atoms with Gasteiger partial charge in [0.2, 0.25) is 6.29 Å². The van der Waals surface area contributed by atoms with E-state index in [2.05, 4.69) is 11.1 Å². The number of hydrogen-bond acceptors (Lipinski definition) is 4. The molecule has 0 unspecified atom stereocenters. The molecule has 3 aromatic rings. The predicted molar refractivity (Wildman–Crippen MR) is 92.9 cm³/mol. The molecule has 0 spiro atoms. The van der Waals surface area contributed by atoms with Crippen LogP contribution in [0.1, 0.15) is 23.6 Å². The third-order valence-electron chi connectivity index (χ3n) is 4.48. The largest absolute Gasteiger partial charge is 0.375 e. The number of nitrogens with one attached hydrogen (secondary N) is 1. The number of nitrogens with zero attached hydrogens (tertiary/aromatic N) is 1. The maximum atomic E-state index is 11.6. The molecule has 6 heteroatoms. The molecular weight excluding hydrogens is 340 g/mol. The molecule has 1 aliphatic heterocycles. The van der Waals surface area contributed by atoms with E-state index in [1.807, 2.05) is 6.07 Å². The molecule has 1 saturated heterocycles. The molecule has 2 N–H and O–H groups in total. The average Bonchev–Trinajstić information content (AvgIpc) is 3.02. The fraction of sp³-hybridized carbons (Fsp3) is 0.211. The molecule has 1 aliphatic rings. The predicted octanol–water partition coefficient (Wildman–Crippen LogP) is 3.65. The minimum Gasteiger partial charge on any atom is -0.375 e. The molecule has 126 valence electrons. The Kier molecular flexibility index (Phi) is 3.78. The van der Waals surface area contributed by atoms with Gasteiger partial charge in [-0.15, -0.1) is 0 Å². The molecule has 1 aromatic heterocycles. The molecule has 1 atom stereocenters. The molecule has 25 heavy (non-hydrogen) atoms. The van der Waals surface area contributed by atoms with Crippen LogP contribution in [0.3, 0.4) is 0 Å². The number of fused-ring (bicyclic) bond motifs is 1. The number of aromatic amines is 1. The van der Waals surface area contributed by atoms with Gasteiger partial charge in [0.25, 0.3) is 0 Å². The van der Waals surface area contributed by atoms with Crippen molar-refractivity contribution in [3.05, 3.63) is 70.4 Å². The summed E-state index contributed by atoms with van der Waals surface area (Å²) >= 11 is 6.14. The van der Waals surface area contributed by atoms with Crippen molar-refractivity contribution in [1.82, 2.24) is 4.98 Å². The Bertz CT molecular complexity index is 970. The summed E-state index contributed by atoms with van der Waals surface area (Å²) in [5.74, 6) is 0. The van der Waals surface area contributed by atoms with Crippen LogP contribution < -0.4 is 0 Å². The number of rotatable bonds is 3. The van der Waals surface area contributed by atoms with Crippen LogP contribution in [-0.4, -0.2) is 22.7 Å². The molecule has 2 aromatic carbocycles. The van der Waals surface area contributed by atoms with Gasteiger partial charge in [-0.3, -0.25) is 0 Å². The zero-order chi connectivity index (χ0) is 17.6. The van der Waals surface area contributed by atoms with Crippen molar-refractivity contribution in [2.24, 2.45) is 0 Å². The van der Waals surface area contributed by atoms with Gasteiger partial charge >= 0.3 is 0 Å². The highest BCUT2D eigenvalue weighted by Crippen LogP contribution is 2.43. The second-order valence-corrected chi connectivity index (χ2v) is 6.46. The third kappa shape index (κ3) is 2.51. The van der Waals surface area contributed by atoms with Gasteiger partial charge < -0.3 is 19.6 Å². The molecule has 4 rings (SSSR count). The summed E-state index contributed by atoms with van der Waals surface area (Å²) in [7, 11) is 0. The first-order valence-corrected chi connectivity index (χ1v) is 8.21. The highest BCUT2D eigenvalue weighted by molar-refractivity contribution is 6.31. The van der Waals surface area contributed by atoms with E-state index in [0.29, 0.717) is 21.7 Å². The fourth-order valence-electron chi connectivity index (χ4n) is 3.18. The number of benzene rings is 2. The second-order valence-electron chi connectivity index (χ2n) is 6.02. The van der Waals surface area contributed by atoms with E-state index in [1.54, 1.807) is 49.5 Å². The number of H-pyrrole nitrogens is 1. The number of nitriles is 1. The van der Waals surface area contributed by atoms with Gasteiger partial charge in [0.05, 0.1) is 11.6 Å². The minimum atomic E-state index is -1.54. The van der Waals surface area contributed by atoms with Crippen LogP contribution in [0.4, 0.5) is 0 Å². The van der Waals surface area contributed by atoms with Gasteiger partial charge in [-0.2, -0.15) is 5.26 Å². The SMILES string of the molecule is CC1OC([C@](O)(c2ccc(C#N)cc2)c2c[nH]c3ccc(Cl)cc23)O1. The third-order valence-corrected chi connectivity index (χ3v) is 4.72. The number of hydrogen-bond donors (Lipinski definition) is 2. The minimum absolute atomic E-state index is 0.385. The average molecular weight is 355 g/mol. The van der Waals surface area contributed by atoms with Crippen LogP contribution in [0.15, 0.2) is 48.7 Å². The Labute approximate surface area is 149 Å². The first-order chi connectivity index (χ1) is 12.0. The Balaban J connectivity index is 1.90. The second kappa shape index (κ2) is 5.87. The zero-order valence-electron chi connectivity index (χ0n) is 13.4. The van der Waals surface area contributed by atoms with Crippen LogP contribution in [0.25, 0.3) is 10.9 Å². The van der Waals surface area contributed by atoms with Crippen molar-refractivity contribution in [1.29, 1.82) is 5.26 Å². The highest BCUT2D eigenvalue weighted by Gasteiger charge is 2.49. The van der Waals surface area contributed by atoms with E-state index >= 15 is 0 Å². The Hall–Kier alpha value is -2.36. The van der Waals surface area contributed by atoms with Crippen LogP contribution in [0.5, 0.6) is 0 Å². The summed E-state index contributed by atoms with van der Waals surface area (Å²) in [5.41, 5.74) is 0.996. The molecule has 1 fully saturated rings. The quantitative estimate of drug-likeness (QED) is 0.752. The summed E-state index contributed by atoms with van der Waals surface area (Å²) in [5, 5.41) is 22.0. The topological polar surface area (TPSA) is 78.3 Å². The smallest absolute Gasteiger partial charge is 0.200 e. The van der Waals surface area contributed by atoms with E-state index < -0.39 is 11.9 Å². The lowest BCUT2D eigenvalue weighted by atomic mass is 9.84. The van der Waals surface area contributed by atoms with Crippen molar-refractivity contribution in [3.63, 3.8) is 0 Å². The molecule has 0 bridgehead atoms. The Morgan fingerprint density at radius 3 is 2.56 bits per heavy atom. The van der Waals surface area contributed by atoms with E-state index in [9.17, 15) is 5.11 Å². The lowest BCUT2D eigenvalue weighted by Crippen LogP contribution is -2.54. The summed E-state index contributed by atoms with van der Waals surface area (Å²) in [6.07, 6.45) is 0.492. The van der Waals surface area contributed by atoms with Crippen molar-refractivity contribution >= 4 is 22.5 Å². The van der Waals surface area contributed by atoms with Gasteiger partial charge in [-0.25, -0.2) is 0 Å².